The van der Waals surface area contributed by atoms with Crippen LogP contribution in [0.15, 0.2) is 6.33 Å². The Morgan fingerprint density at radius 3 is 3.21 bits per heavy atom. The number of rotatable bonds is 3. The Morgan fingerprint density at radius 1 is 1.68 bits per heavy atom. The zero-order valence-electron chi connectivity index (χ0n) is 10.6. The topological polar surface area (TPSA) is 93.4 Å². The van der Waals surface area contributed by atoms with Crippen molar-refractivity contribution < 1.29 is 9.53 Å². The molecule has 0 aliphatic carbocycles. The molecule has 2 heterocycles. The minimum Gasteiger partial charge on any atom is -0.393 e. The number of nitrogens with two attached hydrogens (primary N) is 1. The SMILES string of the molecule is CCNC(=O)C1COCCN1c1ncnc(Cl)c1N. The average Bonchev–Trinajstić information content (AvgIpc) is 2.42. The fourth-order valence-corrected chi connectivity index (χ4v) is 2.09. The molecule has 8 heteroatoms. The smallest absolute Gasteiger partial charge is 0.245 e. The number of nitrogens with one attached hydrogen (secondary N) is 1. The molecule has 1 atom stereocenters. The highest BCUT2D eigenvalue weighted by Gasteiger charge is 2.31. The van der Waals surface area contributed by atoms with Crippen molar-refractivity contribution in [3.63, 3.8) is 0 Å². The summed E-state index contributed by atoms with van der Waals surface area (Å²) in [6.07, 6.45) is 1.33. The van der Waals surface area contributed by atoms with Gasteiger partial charge in [-0.3, -0.25) is 4.79 Å². The highest BCUT2D eigenvalue weighted by molar-refractivity contribution is 6.32. The van der Waals surface area contributed by atoms with Gasteiger partial charge in [-0.15, -0.1) is 0 Å². The predicted octanol–water partition coefficient (Wildman–Crippen LogP) is 0.0535. The number of carbonyl (C=O) groups excluding carboxylic acids is 1. The molecule has 0 spiro atoms. The van der Waals surface area contributed by atoms with Crippen LogP contribution >= 0.6 is 11.6 Å². The van der Waals surface area contributed by atoms with Crippen LogP contribution in [0.1, 0.15) is 6.92 Å². The van der Waals surface area contributed by atoms with Crippen LogP contribution in [0.4, 0.5) is 11.5 Å². The highest BCUT2D eigenvalue weighted by Crippen LogP contribution is 2.28. The van der Waals surface area contributed by atoms with Gasteiger partial charge in [0.25, 0.3) is 0 Å². The van der Waals surface area contributed by atoms with Crippen LogP contribution in [-0.2, 0) is 9.53 Å². The molecular formula is C11H16ClN5O2. The maximum absolute atomic E-state index is 12.0. The lowest BCUT2D eigenvalue weighted by atomic mass is 10.2. The van der Waals surface area contributed by atoms with Gasteiger partial charge in [0.2, 0.25) is 5.91 Å². The van der Waals surface area contributed by atoms with Crippen LogP contribution in [0, 0.1) is 0 Å². The van der Waals surface area contributed by atoms with Crippen LogP contribution in [0.25, 0.3) is 0 Å². The highest BCUT2D eigenvalue weighted by atomic mass is 35.5. The van der Waals surface area contributed by atoms with Crippen molar-refractivity contribution in [3.8, 4) is 0 Å². The number of nitrogens with zero attached hydrogens (tertiary/aromatic N) is 3. The van der Waals surface area contributed by atoms with Crippen molar-refractivity contribution in [2.75, 3.05) is 36.9 Å². The second kappa shape index (κ2) is 6.03. The standard InChI is InChI=1S/C11H16ClN5O2/c1-2-14-11(18)7-5-19-4-3-17(7)10-8(13)9(12)15-6-16-10/h6-7H,2-5,13H2,1H3,(H,14,18). The third-order valence-electron chi connectivity index (χ3n) is 2.87. The van der Waals surface area contributed by atoms with E-state index in [1.165, 1.54) is 6.33 Å². The van der Waals surface area contributed by atoms with Crippen LogP contribution in [0.3, 0.4) is 0 Å². The molecule has 0 saturated carbocycles. The molecule has 1 aromatic heterocycles. The Bertz CT molecular complexity index is 470. The number of hydrogen-bond acceptors (Lipinski definition) is 6. The van der Waals surface area contributed by atoms with Crippen molar-refractivity contribution in [1.82, 2.24) is 15.3 Å². The molecule has 3 N–H and O–H groups in total. The van der Waals surface area contributed by atoms with E-state index in [9.17, 15) is 4.79 Å². The van der Waals surface area contributed by atoms with Gasteiger partial charge in [0.05, 0.1) is 13.2 Å². The van der Waals surface area contributed by atoms with Gasteiger partial charge in [0, 0.05) is 13.1 Å². The number of hydrogen-bond donors (Lipinski definition) is 2. The minimum absolute atomic E-state index is 0.115. The number of halogens is 1. The average molecular weight is 286 g/mol. The van der Waals surface area contributed by atoms with E-state index in [2.05, 4.69) is 15.3 Å². The number of likely N-dealkylation sites (N-methyl/N-ethyl adjacent to an activating group) is 1. The van der Waals surface area contributed by atoms with Crippen molar-refractivity contribution in [2.24, 2.45) is 0 Å². The minimum atomic E-state index is -0.457. The van der Waals surface area contributed by atoms with Gasteiger partial charge >= 0.3 is 0 Å². The van der Waals surface area contributed by atoms with E-state index in [4.69, 9.17) is 22.1 Å². The van der Waals surface area contributed by atoms with Crippen molar-refractivity contribution in [2.45, 2.75) is 13.0 Å². The molecular weight excluding hydrogens is 270 g/mol. The summed E-state index contributed by atoms with van der Waals surface area (Å²) in [6, 6.07) is -0.457. The first-order chi connectivity index (χ1) is 9.15. The number of carbonyl (C=O) groups is 1. The number of nitrogen functional groups attached to an aromatic ring is 1. The summed E-state index contributed by atoms with van der Waals surface area (Å²) in [6.45, 7) is 3.76. The molecule has 1 aliphatic rings. The van der Waals surface area contributed by atoms with Crippen LogP contribution < -0.4 is 16.0 Å². The fraction of sp³-hybridized carbons (Fsp3) is 0.545. The first-order valence-electron chi connectivity index (χ1n) is 6.03. The molecule has 1 amide bonds. The number of amides is 1. The molecule has 1 aliphatic heterocycles. The number of ether oxygens (including phenoxy) is 1. The van der Waals surface area contributed by atoms with Gasteiger partial charge < -0.3 is 20.7 Å². The zero-order chi connectivity index (χ0) is 13.8. The lowest BCUT2D eigenvalue weighted by Gasteiger charge is -2.35. The summed E-state index contributed by atoms with van der Waals surface area (Å²) in [5, 5.41) is 2.96. The van der Waals surface area contributed by atoms with Gasteiger partial charge in [-0.2, -0.15) is 0 Å². The molecule has 7 nitrogen and oxygen atoms in total. The van der Waals surface area contributed by atoms with E-state index in [0.29, 0.717) is 32.1 Å². The van der Waals surface area contributed by atoms with Crippen LogP contribution in [-0.4, -0.2) is 48.2 Å². The van der Waals surface area contributed by atoms with E-state index < -0.39 is 6.04 Å². The second-order valence-corrected chi connectivity index (χ2v) is 4.44. The third kappa shape index (κ3) is 2.87. The van der Waals surface area contributed by atoms with E-state index >= 15 is 0 Å². The number of anilines is 2. The van der Waals surface area contributed by atoms with Gasteiger partial charge in [-0.05, 0) is 6.92 Å². The normalized spacial score (nSPS) is 19.3. The predicted molar refractivity (Wildman–Crippen MR) is 72.1 cm³/mol. The van der Waals surface area contributed by atoms with Crippen molar-refractivity contribution in [1.29, 1.82) is 0 Å². The molecule has 0 bridgehead atoms. The summed E-state index contributed by atoms with van der Waals surface area (Å²) >= 11 is 5.89. The van der Waals surface area contributed by atoms with Crippen molar-refractivity contribution in [3.05, 3.63) is 11.5 Å². The van der Waals surface area contributed by atoms with Crippen molar-refractivity contribution >= 4 is 29.0 Å². The molecule has 1 fully saturated rings. The lowest BCUT2D eigenvalue weighted by Crippen LogP contribution is -2.54. The van der Waals surface area contributed by atoms with E-state index in [1.807, 2.05) is 6.92 Å². The maximum atomic E-state index is 12.0. The molecule has 0 radical (unpaired) electrons. The first-order valence-corrected chi connectivity index (χ1v) is 6.41. The fourth-order valence-electron chi connectivity index (χ4n) is 1.96. The lowest BCUT2D eigenvalue weighted by molar-refractivity contribution is -0.124. The van der Waals surface area contributed by atoms with E-state index in [0.717, 1.165) is 0 Å². The Hall–Kier alpha value is -1.60. The molecule has 2 rings (SSSR count). The quantitative estimate of drug-likeness (QED) is 0.763. The summed E-state index contributed by atoms with van der Waals surface area (Å²) in [5.74, 6) is 0.357. The Morgan fingerprint density at radius 2 is 2.47 bits per heavy atom. The third-order valence-corrected chi connectivity index (χ3v) is 3.17. The summed E-state index contributed by atoms with van der Waals surface area (Å²) < 4.78 is 5.35. The Labute approximate surface area is 116 Å². The molecule has 0 aromatic carbocycles. The summed E-state index contributed by atoms with van der Waals surface area (Å²) in [4.78, 5) is 21.8. The number of morpholine rings is 1. The second-order valence-electron chi connectivity index (χ2n) is 4.08. The van der Waals surface area contributed by atoms with E-state index in [-0.39, 0.29) is 16.7 Å². The Kier molecular flexibility index (Phi) is 4.39. The molecule has 1 unspecified atom stereocenters. The monoisotopic (exact) mass is 285 g/mol. The van der Waals surface area contributed by atoms with E-state index in [1.54, 1.807) is 4.90 Å². The van der Waals surface area contributed by atoms with Gasteiger partial charge in [0.1, 0.15) is 18.1 Å². The van der Waals surface area contributed by atoms with Crippen LogP contribution in [0.5, 0.6) is 0 Å². The first kappa shape index (κ1) is 13.8. The zero-order valence-corrected chi connectivity index (χ0v) is 11.4. The molecule has 104 valence electrons. The van der Waals surface area contributed by atoms with Gasteiger partial charge in [0.15, 0.2) is 11.0 Å². The molecule has 1 aromatic rings. The maximum Gasteiger partial charge on any atom is 0.245 e. The number of aromatic nitrogens is 2. The van der Waals surface area contributed by atoms with Crippen LogP contribution in [0.2, 0.25) is 5.15 Å². The van der Waals surface area contributed by atoms with Gasteiger partial charge in [-0.1, -0.05) is 11.6 Å². The summed E-state index contributed by atoms with van der Waals surface area (Å²) in [7, 11) is 0. The molecule has 1 saturated heterocycles. The van der Waals surface area contributed by atoms with Gasteiger partial charge in [-0.25, -0.2) is 9.97 Å². The summed E-state index contributed by atoms with van der Waals surface area (Å²) in [5.41, 5.74) is 6.16. The largest absolute Gasteiger partial charge is 0.393 e. The Balaban J connectivity index is 2.29. The molecule has 19 heavy (non-hydrogen) atoms.